The lowest BCUT2D eigenvalue weighted by molar-refractivity contribution is 0.156. The molecule has 108 valence electrons. The van der Waals surface area contributed by atoms with Crippen LogP contribution in [-0.2, 0) is 0 Å². The normalized spacial score (nSPS) is 15.9. The highest BCUT2D eigenvalue weighted by Gasteiger charge is 2.28. The second-order valence-corrected chi connectivity index (χ2v) is 6.26. The minimum Gasteiger partial charge on any atom is -0.481 e. The number of rotatable bonds is 1. The van der Waals surface area contributed by atoms with Crippen LogP contribution in [0.25, 0.3) is 5.70 Å². The third kappa shape index (κ3) is 2.47. The van der Waals surface area contributed by atoms with Crippen molar-refractivity contribution in [1.29, 1.82) is 0 Å². The standard InChI is InChI=1S/C15H14BrN3O2/c1-15(2)6-12(10-3-4-18-7-13(10)21-15)19-8-9(17)5-11(16)14(19)20/h3-8H,17H2,1-2H3. The highest BCUT2D eigenvalue weighted by atomic mass is 79.9. The molecule has 0 bridgehead atoms. The number of nitrogens with zero attached hydrogens (tertiary/aromatic N) is 2. The molecule has 0 fully saturated rings. The summed E-state index contributed by atoms with van der Waals surface area (Å²) in [5.74, 6) is 0.644. The predicted molar refractivity (Wildman–Crippen MR) is 85.1 cm³/mol. The lowest BCUT2D eigenvalue weighted by Crippen LogP contribution is -2.32. The van der Waals surface area contributed by atoms with E-state index < -0.39 is 5.60 Å². The van der Waals surface area contributed by atoms with Crippen LogP contribution in [0, 0.1) is 0 Å². The Morgan fingerprint density at radius 3 is 2.95 bits per heavy atom. The Morgan fingerprint density at radius 1 is 1.43 bits per heavy atom. The van der Waals surface area contributed by atoms with Crippen molar-refractivity contribution in [2.24, 2.45) is 0 Å². The number of hydrogen-bond donors (Lipinski definition) is 1. The van der Waals surface area contributed by atoms with Gasteiger partial charge in [-0.15, -0.1) is 0 Å². The van der Waals surface area contributed by atoms with Gasteiger partial charge in [-0.05, 0) is 48.0 Å². The van der Waals surface area contributed by atoms with Gasteiger partial charge in [0.1, 0.15) is 11.4 Å². The first-order valence-electron chi connectivity index (χ1n) is 6.42. The van der Waals surface area contributed by atoms with Crippen LogP contribution < -0.4 is 16.0 Å². The third-order valence-electron chi connectivity index (χ3n) is 3.17. The first-order chi connectivity index (χ1) is 9.87. The predicted octanol–water partition coefficient (Wildman–Crippen LogP) is 2.65. The number of pyridine rings is 2. The van der Waals surface area contributed by atoms with E-state index in [0.717, 1.165) is 11.3 Å². The maximum atomic E-state index is 12.4. The van der Waals surface area contributed by atoms with Gasteiger partial charge in [0.05, 0.1) is 16.4 Å². The average molecular weight is 348 g/mol. The van der Waals surface area contributed by atoms with E-state index in [2.05, 4.69) is 20.9 Å². The zero-order valence-corrected chi connectivity index (χ0v) is 13.2. The summed E-state index contributed by atoms with van der Waals surface area (Å²) in [5, 5.41) is 0. The molecule has 2 aromatic rings. The van der Waals surface area contributed by atoms with Crippen LogP contribution in [0.4, 0.5) is 5.69 Å². The van der Waals surface area contributed by atoms with Gasteiger partial charge in [0.15, 0.2) is 0 Å². The van der Waals surface area contributed by atoms with Crippen LogP contribution in [0.15, 0.2) is 46.1 Å². The Labute approximate surface area is 130 Å². The molecule has 3 heterocycles. The van der Waals surface area contributed by atoms with E-state index >= 15 is 0 Å². The smallest absolute Gasteiger partial charge is 0.269 e. The van der Waals surface area contributed by atoms with Gasteiger partial charge in [-0.1, -0.05) is 0 Å². The van der Waals surface area contributed by atoms with Gasteiger partial charge in [-0.2, -0.15) is 0 Å². The molecule has 0 unspecified atom stereocenters. The van der Waals surface area contributed by atoms with Crippen LogP contribution in [0.3, 0.4) is 0 Å². The molecular formula is C15H14BrN3O2. The number of nitrogens with two attached hydrogens (primary N) is 1. The number of aromatic nitrogens is 2. The zero-order valence-electron chi connectivity index (χ0n) is 11.6. The molecule has 0 atom stereocenters. The molecule has 5 nitrogen and oxygen atoms in total. The fourth-order valence-electron chi connectivity index (χ4n) is 2.34. The fourth-order valence-corrected chi connectivity index (χ4v) is 2.79. The largest absolute Gasteiger partial charge is 0.481 e. The summed E-state index contributed by atoms with van der Waals surface area (Å²) in [7, 11) is 0. The second kappa shape index (κ2) is 4.73. The molecule has 0 amide bonds. The molecule has 0 saturated carbocycles. The minimum atomic E-state index is -0.540. The summed E-state index contributed by atoms with van der Waals surface area (Å²) in [5.41, 5.74) is 7.20. The Morgan fingerprint density at radius 2 is 2.19 bits per heavy atom. The number of fused-ring (bicyclic) bond motifs is 1. The first kappa shape index (κ1) is 13.9. The van der Waals surface area contributed by atoms with Crippen LogP contribution in [0.1, 0.15) is 19.4 Å². The number of anilines is 1. The van der Waals surface area contributed by atoms with E-state index in [9.17, 15) is 4.79 Å². The summed E-state index contributed by atoms with van der Waals surface area (Å²) in [6.45, 7) is 3.85. The van der Waals surface area contributed by atoms with Gasteiger partial charge in [-0.25, -0.2) is 0 Å². The van der Waals surface area contributed by atoms with Gasteiger partial charge in [-0.3, -0.25) is 14.3 Å². The molecule has 0 aliphatic carbocycles. The van der Waals surface area contributed by atoms with Gasteiger partial charge in [0.2, 0.25) is 0 Å². The Balaban J connectivity index is 2.30. The molecule has 21 heavy (non-hydrogen) atoms. The van der Waals surface area contributed by atoms with Crippen molar-refractivity contribution < 1.29 is 4.74 Å². The van der Waals surface area contributed by atoms with Crippen LogP contribution >= 0.6 is 15.9 Å². The highest BCUT2D eigenvalue weighted by molar-refractivity contribution is 9.10. The molecule has 1 aliphatic rings. The Hall–Kier alpha value is -2.08. The van der Waals surface area contributed by atoms with E-state index in [1.54, 1.807) is 24.7 Å². The van der Waals surface area contributed by atoms with Crippen molar-refractivity contribution in [3.05, 3.63) is 57.2 Å². The molecule has 0 radical (unpaired) electrons. The zero-order chi connectivity index (χ0) is 15.2. The molecule has 3 rings (SSSR count). The summed E-state index contributed by atoms with van der Waals surface area (Å²) < 4.78 is 7.82. The van der Waals surface area contributed by atoms with Crippen LogP contribution in [0.2, 0.25) is 0 Å². The summed E-state index contributed by atoms with van der Waals surface area (Å²) >= 11 is 3.25. The molecule has 2 N–H and O–H groups in total. The van der Waals surface area contributed by atoms with Crippen LogP contribution in [0.5, 0.6) is 5.75 Å². The molecule has 2 aromatic heterocycles. The molecule has 1 aliphatic heterocycles. The van der Waals surface area contributed by atoms with Crippen molar-refractivity contribution in [1.82, 2.24) is 9.55 Å². The lowest BCUT2D eigenvalue weighted by Gasteiger charge is -2.31. The summed E-state index contributed by atoms with van der Waals surface area (Å²) in [6.07, 6.45) is 6.84. The first-order valence-corrected chi connectivity index (χ1v) is 7.21. The Bertz CT molecular complexity index is 809. The second-order valence-electron chi connectivity index (χ2n) is 5.40. The summed E-state index contributed by atoms with van der Waals surface area (Å²) in [4.78, 5) is 16.5. The Kier molecular flexibility index (Phi) is 3.13. The number of ether oxygens (including phenoxy) is 1. The van der Waals surface area contributed by atoms with E-state index in [4.69, 9.17) is 10.5 Å². The lowest BCUT2D eigenvalue weighted by atomic mass is 10.00. The van der Waals surface area contributed by atoms with Gasteiger partial charge in [0.25, 0.3) is 5.56 Å². The molecular weight excluding hydrogens is 334 g/mol. The topological polar surface area (TPSA) is 70.1 Å². The molecule has 0 aromatic carbocycles. The van der Waals surface area contributed by atoms with Gasteiger partial charge in [0, 0.05) is 23.6 Å². The number of hydrogen-bond acceptors (Lipinski definition) is 4. The minimum absolute atomic E-state index is 0.170. The van der Waals surface area contributed by atoms with E-state index in [1.807, 2.05) is 26.0 Å². The number of nitrogen functional groups attached to an aromatic ring is 1. The maximum absolute atomic E-state index is 12.4. The third-order valence-corrected chi connectivity index (χ3v) is 3.74. The van der Waals surface area contributed by atoms with Crippen molar-refractivity contribution in [3.63, 3.8) is 0 Å². The van der Waals surface area contributed by atoms with Crippen molar-refractivity contribution in [2.75, 3.05) is 5.73 Å². The van der Waals surface area contributed by atoms with E-state index in [-0.39, 0.29) is 5.56 Å². The molecule has 6 heteroatoms. The number of halogens is 1. The quantitative estimate of drug-likeness (QED) is 0.860. The van der Waals surface area contributed by atoms with Crippen molar-refractivity contribution >= 4 is 27.3 Å². The molecule has 0 saturated heterocycles. The van der Waals surface area contributed by atoms with E-state index in [1.165, 1.54) is 4.57 Å². The van der Waals surface area contributed by atoms with Crippen molar-refractivity contribution in [3.8, 4) is 5.75 Å². The fraction of sp³-hybridized carbons (Fsp3) is 0.200. The highest BCUT2D eigenvalue weighted by Crippen LogP contribution is 2.35. The van der Waals surface area contributed by atoms with Gasteiger partial charge >= 0.3 is 0 Å². The SMILES string of the molecule is CC1(C)C=C(n2cc(N)cc(Br)c2=O)c2ccncc2O1. The van der Waals surface area contributed by atoms with Crippen molar-refractivity contribution in [2.45, 2.75) is 19.4 Å². The summed E-state index contributed by atoms with van der Waals surface area (Å²) in [6, 6.07) is 3.41. The van der Waals surface area contributed by atoms with Gasteiger partial charge < -0.3 is 10.5 Å². The maximum Gasteiger partial charge on any atom is 0.269 e. The molecule has 0 spiro atoms. The van der Waals surface area contributed by atoms with E-state index in [0.29, 0.717) is 15.9 Å². The van der Waals surface area contributed by atoms with Crippen LogP contribution in [-0.4, -0.2) is 15.2 Å². The average Bonchev–Trinajstić information content (AvgIpc) is 2.41. The monoisotopic (exact) mass is 347 g/mol.